The van der Waals surface area contributed by atoms with Crippen molar-refractivity contribution in [2.45, 2.75) is 18.6 Å². The van der Waals surface area contributed by atoms with Gasteiger partial charge < -0.3 is 15.7 Å². The molecule has 0 saturated carbocycles. The smallest absolute Gasteiger partial charge is 0.475 e. The maximum atomic E-state index is 14.3. The number of carboxylic acid groups (broad SMARTS) is 1. The van der Waals surface area contributed by atoms with E-state index in [2.05, 4.69) is 4.98 Å². The fraction of sp³-hybridized carbons (Fsp3) is 0.235. The summed E-state index contributed by atoms with van der Waals surface area (Å²) in [5.41, 5.74) is 7.17. The van der Waals surface area contributed by atoms with E-state index in [1.807, 2.05) is 0 Å². The molecule has 2 heterocycles. The lowest BCUT2D eigenvalue weighted by Crippen LogP contribution is -2.34. The van der Waals surface area contributed by atoms with Gasteiger partial charge in [-0.05, 0) is 36.2 Å². The average Bonchev–Trinajstić information content (AvgIpc) is 2.94. The van der Waals surface area contributed by atoms with Crippen LogP contribution in [0.15, 0.2) is 36.5 Å². The fourth-order valence-corrected chi connectivity index (χ4v) is 2.66. The first-order valence-electron chi connectivity index (χ1n) is 7.80. The molecule has 150 valence electrons. The summed E-state index contributed by atoms with van der Waals surface area (Å²) in [7, 11) is 0. The lowest BCUT2D eigenvalue weighted by atomic mass is 10.1. The summed E-state index contributed by atoms with van der Waals surface area (Å²) in [6, 6.07) is 7.60. The molecule has 0 spiro atoms. The van der Waals surface area contributed by atoms with Gasteiger partial charge in [-0.2, -0.15) is 13.2 Å². The van der Waals surface area contributed by atoms with Crippen LogP contribution in [-0.4, -0.2) is 40.7 Å². The quantitative estimate of drug-likeness (QED) is 0.575. The summed E-state index contributed by atoms with van der Waals surface area (Å²) in [5.74, 6) is -3.48. The first-order chi connectivity index (χ1) is 13.0. The number of anilines is 1. The van der Waals surface area contributed by atoms with Crippen molar-refractivity contribution in [2.75, 3.05) is 11.4 Å². The third-order valence-corrected chi connectivity index (χ3v) is 4.10. The van der Waals surface area contributed by atoms with Crippen LogP contribution in [0.25, 0.3) is 11.1 Å². The molecule has 0 unspecified atom stereocenters. The number of benzene rings is 1. The zero-order valence-electron chi connectivity index (χ0n) is 14.1. The number of amides is 1. The topological polar surface area (TPSA) is 96.5 Å². The first kappa shape index (κ1) is 21.6. The van der Waals surface area contributed by atoms with Crippen LogP contribution in [0.3, 0.4) is 0 Å². The molecule has 3 rings (SSSR count). The van der Waals surface area contributed by atoms with Crippen LogP contribution in [0.4, 0.5) is 23.2 Å². The Labute approximate surface area is 161 Å². The monoisotopic (exact) mass is 419 g/mol. The number of nitrogens with zero attached hydrogens (tertiary/aromatic N) is 2. The highest BCUT2D eigenvalue weighted by molar-refractivity contribution is 6.32. The summed E-state index contributed by atoms with van der Waals surface area (Å²) >= 11 is 6.01. The minimum atomic E-state index is -5.08. The van der Waals surface area contributed by atoms with Gasteiger partial charge in [0, 0.05) is 18.3 Å². The predicted octanol–water partition coefficient (Wildman–Crippen LogP) is 3.24. The van der Waals surface area contributed by atoms with Crippen LogP contribution in [0.5, 0.6) is 0 Å². The number of carboxylic acids is 1. The summed E-state index contributed by atoms with van der Waals surface area (Å²) in [6.45, 7) is 0.434. The van der Waals surface area contributed by atoms with Gasteiger partial charge in [0.1, 0.15) is 11.0 Å². The lowest BCUT2D eigenvalue weighted by molar-refractivity contribution is -0.192. The van der Waals surface area contributed by atoms with Crippen LogP contribution in [0.2, 0.25) is 5.15 Å². The van der Waals surface area contributed by atoms with E-state index in [0.29, 0.717) is 29.2 Å². The standard InChI is InChI=1S/C15H13ClFN3O.C2HF3O2/c16-14-10(2-1-6-19-14)9-3-4-13(11(17)8-9)20-7-5-12(18)15(20)21;3-2(4,5)1(6)7/h1-4,6,8,12H,5,7,18H2;(H,6,7)/t12-;/m0./s1. The zero-order chi connectivity index (χ0) is 21.1. The Balaban J connectivity index is 0.000000345. The Morgan fingerprint density at radius 1 is 1.32 bits per heavy atom. The van der Waals surface area contributed by atoms with Crippen LogP contribution < -0.4 is 10.6 Å². The van der Waals surface area contributed by atoms with E-state index < -0.39 is 24.0 Å². The second-order valence-corrected chi connectivity index (χ2v) is 6.05. The van der Waals surface area contributed by atoms with Crippen molar-refractivity contribution >= 4 is 29.2 Å². The van der Waals surface area contributed by atoms with Crippen molar-refractivity contribution in [1.29, 1.82) is 0 Å². The summed E-state index contributed by atoms with van der Waals surface area (Å²) < 4.78 is 46.1. The second-order valence-electron chi connectivity index (χ2n) is 5.70. The van der Waals surface area contributed by atoms with Gasteiger partial charge in [0.15, 0.2) is 0 Å². The van der Waals surface area contributed by atoms with Gasteiger partial charge in [0.2, 0.25) is 5.91 Å². The number of halogens is 5. The number of alkyl halides is 3. The van der Waals surface area contributed by atoms with E-state index in [1.54, 1.807) is 30.5 Å². The number of hydrogen-bond acceptors (Lipinski definition) is 4. The van der Waals surface area contributed by atoms with Gasteiger partial charge in [-0.15, -0.1) is 0 Å². The normalized spacial score (nSPS) is 16.6. The van der Waals surface area contributed by atoms with Gasteiger partial charge in [0.25, 0.3) is 0 Å². The number of aliphatic carboxylic acids is 1. The van der Waals surface area contributed by atoms with Gasteiger partial charge in [0.05, 0.1) is 11.7 Å². The third-order valence-electron chi connectivity index (χ3n) is 3.80. The van der Waals surface area contributed by atoms with Crippen molar-refractivity contribution in [3.63, 3.8) is 0 Å². The van der Waals surface area contributed by atoms with E-state index in [9.17, 15) is 22.4 Å². The minimum Gasteiger partial charge on any atom is -0.475 e. The summed E-state index contributed by atoms with van der Waals surface area (Å²) in [4.78, 5) is 26.1. The third kappa shape index (κ3) is 4.96. The highest BCUT2D eigenvalue weighted by atomic mass is 35.5. The predicted molar refractivity (Wildman–Crippen MR) is 93.3 cm³/mol. The molecule has 0 bridgehead atoms. The largest absolute Gasteiger partial charge is 0.490 e. The Bertz CT molecular complexity index is 892. The van der Waals surface area contributed by atoms with E-state index >= 15 is 0 Å². The van der Waals surface area contributed by atoms with E-state index in [-0.39, 0.29) is 11.6 Å². The molecule has 11 heteroatoms. The maximum Gasteiger partial charge on any atom is 0.490 e. The Morgan fingerprint density at radius 3 is 2.43 bits per heavy atom. The number of pyridine rings is 1. The SMILES string of the molecule is N[C@H]1CCN(c2ccc(-c3cccnc3Cl)cc2F)C1=O.O=C(O)C(F)(F)F. The molecule has 28 heavy (non-hydrogen) atoms. The van der Waals surface area contributed by atoms with Crippen molar-refractivity contribution in [3.8, 4) is 11.1 Å². The molecule has 0 radical (unpaired) electrons. The molecule has 1 saturated heterocycles. The van der Waals surface area contributed by atoms with E-state index in [4.69, 9.17) is 27.2 Å². The molecule has 1 aliphatic heterocycles. The van der Waals surface area contributed by atoms with Gasteiger partial charge >= 0.3 is 12.1 Å². The Morgan fingerprint density at radius 2 is 1.96 bits per heavy atom. The van der Waals surface area contributed by atoms with Crippen LogP contribution in [-0.2, 0) is 9.59 Å². The molecule has 1 aromatic carbocycles. The van der Waals surface area contributed by atoms with Crippen molar-refractivity contribution in [3.05, 3.63) is 47.5 Å². The molecule has 6 nitrogen and oxygen atoms in total. The molecule has 1 fully saturated rings. The highest BCUT2D eigenvalue weighted by Gasteiger charge is 2.38. The maximum absolute atomic E-state index is 14.3. The first-order valence-corrected chi connectivity index (χ1v) is 8.17. The molecule has 0 aliphatic carbocycles. The summed E-state index contributed by atoms with van der Waals surface area (Å²) in [6.07, 6.45) is -2.98. The average molecular weight is 420 g/mol. The number of carbonyl (C=O) groups is 2. The van der Waals surface area contributed by atoms with Crippen molar-refractivity contribution < 1.29 is 32.3 Å². The second kappa shape index (κ2) is 8.53. The minimum absolute atomic E-state index is 0.247. The molecular formula is C17H14ClF4N3O3. The number of hydrogen-bond donors (Lipinski definition) is 2. The number of rotatable bonds is 2. The van der Waals surface area contributed by atoms with Crippen LogP contribution in [0, 0.1) is 5.82 Å². The molecule has 2 aromatic rings. The van der Waals surface area contributed by atoms with Crippen LogP contribution in [0.1, 0.15) is 6.42 Å². The number of aromatic nitrogens is 1. The van der Waals surface area contributed by atoms with E-state index in [0.717, 1.165) is 0 Å². The zero-order valence-corrected chi connectivity index (χ0v) is 14.8. The molecule has 1 aromatic heterocycles. The Hall–Kier alpha value is -2.72. The molecule has 1 aliphatic rings. The van der Waals surface area contributed by atoms with Crippen LogP contribution >= 0.6 is 11.6 Å². The van der Waals surface area contributed by atoms with Gasteiger partial charge in [-0.25, -0.2) is 14.2 Å². The van der Waals surface area contributed by atoms with E-state index in [1.165, 1.54) is 11.0 Å². The molecular weight excluding hydrogens is 406 g/mol. The Kier molecular flexibility index (Phi) is 6.57. The van der Waals surface area contributed by atoms with Gasteiger partial charge in [-0.1, -0.05) is 17.7 Å². The van der Waals surface area contributed by atoms with Crippen molar-refractivity contribution in [1.82, 2.24) is 4.98 Å². The fourth-order valence-electron chi connectivity index (χ4n) is 2.44. The molecule has 1 atom stereocenters. The van der Waals surface area contributed by atoms with Crippen molar-refractivity contribution in [2.24, 2.45) is 5.73 Å². The summed E-state index contributed by atoms with van der Waals surface area (Å²) in [5, 5.41) is 7.43. The van der Waals surface area contributed by atoms with Gasteiger partial charge in [-0.3, -0.25) is 4.79 Å². The number of carbonyl (C=O) groups excluding carboxylic acids is 1. The lowest BCUT2D eigenvalue weighted by Gasteiger charge is -2.17. The number of nitrogens with two attached hydrogens (primary N) is 1. The highest BCUT2D eigenvalue weighted by Crippen LogP contribution is 2.31. The molecule has 3 N–H and O–H groups in total. The molecule has 1 amide bonds.